The second kappa shape index (κ2) is 8.31. The number of methoxy groups -OCH3 is 1. The summed E-state index contributed by atoms with van der Waals surface area (Å²) in [5, 5.41) is 5.91. The van der Waals surface area contributed by atoms with Crippen LogP contribution in [0.5, 0.6) is 0 Å². The van der Waals surface area contributed by atoms with Crippen molar-refractivity contribution < 1.29 is 14.3 Å². The number of hydrogen-bond acceptors (Lipinski definition) is 3. The Morgan fingerprint density at radius 3 is 2.22 bits per heavy atom. The summed E-state index contributed by atoms with van der Waals surface area (Å²) in [4.78, 5) is 24.0. The van der Waals surface area contributed by atoms with Gasteiger partial charge in [-0.3, -0.25) is 9.59 Å². The number of para-hydroxylation sites is 1. The molecule has 0 aliphatic heterocycles. The van der Waals surface area contributed by atoms with E-state index in [1.54, 1.807) is 55.6 Å². The summed E-state index contributed by atoms with van der Waals surface area (Å²) in [5.74, 6) is -0.496. The van der Waals surface area contributed by atoms with Crippen LogP contribution >= 0.6 is 11.6 Å². The molecule has 0 bridgehead atoms. The summed E-state index contributed by atoms with van der Waals surface area (Å²) in [6.07, 6.45) is 0. The van der Waals surface area contributed by atoms with Crippen molar-refractivity contribution in [3.05, 3.63) is 64.7 Å². The Morgan fingerprint density at radius 2 is 1.61 bits per heavy atom. The number of nitrogens with one attached hydrogen (secondary N) is 2. The van der Waals surface area contributed by atoms with Gasteiger partial charge >= 0.3 is 0 Å². The third kappa shape index (κ3) is 4.81. The van der Waals surface area contributed by atoms with Crippen molar-refractivity contribution in [2.45, 2.75) is 0 Å². The lowest BCUT2D eigenvalue weighted by molar-refractivity contribution is 0.0935. The van der Waals surface area contributed by atoms with Crippen molar-refractivity contribution in [2.24, 2.45) is 0 Å². The van der Waals surface area contributed by atoms with E-state index in [1.807, 2.05) is 0 Å². The number of halogens is 1. The van der Waals surface area contributed by atoms with Gasteiger partial charge in [-0.1, -0.05) is 23.7 Å². The van der Waals surface area contributed by atoms with Crippen LogP contribution in [-0.2, 0) is 4.74 Å². The second-order valence-electron chi connectivity index (χ2n) is 4.76. The third-order valence-electron chi connectivity index (χ3n) is 3.12. The largest absolute Gasteiger partial charge is 0.383 e. The average Bonchev–Trinajstić information content (AvgIpc) is 2.57. The predicted octanol–water partition coefficient (Wildman–Crippen LogP) is 2.97. The lowest BCUT2D eigenvalue weighted by Crippen LogP contribution is -2.26. The molecule has 2 aromatic rings. The Morgan fingerprint density at radius 1 is 1.00 bits per heavy atom. The highest BCUT2D eigenvalue weighted by Gasteiger charge is 2.10. The summed E-state index contributed by atoms with van der Waals surface area (Å²) in [6.45, 7) is 0.883. The molecule has 0 saturated heterocycles. The summed E-state index contributed by atoms with van der Waals surface area (Å²) in [7, 11) is 1.57. The van der Waals surface area contributed by atoms with E-state index in [2.05, 4.69) is 10.6 Å². The van der Waals surface area contributed by atoms with Crippen LogP contribution in [0.4, 0.5) is 5.69 Å². The first-order chi connectivity index (χ1) is 11.1. The Balaban J connectivity index is 2.00. The minimum absolute atomic E-state index is 0.208. The van der Waals surface area contributed by atoms with Crippen LogP contribution in [0, 0.1) is 0 Å². The molecular formula is C17H17ClN2O3. The van der Waals surface area contributed by atoms with Gasteiger partial charge in [-0.2, -0.15) is 0 Å². The molecule has 0 aromatic heterocycles. The van der Waals surface area contributed by atoms with E-state index in [1.165, 1.54) is 0 Å². The Hall–Kier alpha value is -2.37. The highest BCUT2D eigenvalue weighted by molar-refractivity contribution is 6.33. The van der Waals surface area contributed by atoms with Crippen LogP contribution in [0.2, 0.25) is 5.02 Å². The molecule has 5 nitrogen and oxygen atoms in total. The van der Waals surface area contributed by atoms with Crippen molar-refractivity contribution in [3.63, 3.8) is 0 Å². The number of anilines is 1. The molecule has 6 heteroatoms. The zero-order valence-electron chi connectivity index (χ0n) is 12.6. The molecule has 0 atom stereocenters. The molecule has 0 radical (unpaired) electrons. The van der Waals surface area contributed by atoms with Gasteiger partial charge in [0.15, 0.2) is 0 Å². The molecule has 0 spiro atoms. The second-order valence-corrected chi connectivity index (χ2v) is 5.17. The van der Waals surface area contributed by atoms with Crippen molar-refractivity contribution in [2.75, 3.05) is 25.6 Å². The number of carbonyl (C=O) groups excluding carboxylic acids is 2. The van der Waals surface area contributed by atoms with E-state index < -0.39 is 0 Å². The minimum Gasteiger partial charge on any atom is -0.383 e. The van der Waals surface area contributed by atoms with E-state index in [0.29, 0.717) is 35.0 Å². The number of benzene rings is 2. The molecule has 0 saturated carbocycles. The topological polar surface area (TPSA) is 67.4 Å². The van der Waals surface area contributed by atoms with E-state index in [-0.39, 0.29) is 11.8 Å². The first-order valence-electron chi connectivity index (χ1n) is 7.05. The number of carbonyl (C=O) groups is 2. The summed E-state index contributed by atoms with van der Waals surface area (Å²) < 4.78 is 4.87. The lowest BCUT2D eigenvalue weighted by atomic mass is 10.1. The van der Waals surface area contributed by atoms with E-state index >= 15 is 0 Å². The molecule has 0 fully saturated rings. The summed E-state index contributed by atoms with van der Waals surface area (Å²) in [6, 6.07) is 13.4. The Bertz CT molecular complexity index is 686. The number of amides is 2. The average molecular weight is 333 g/mol. The first-order valence-corrected chi connectivity index (χ1v) is 7.42. The van der Waals surface area contributed by atoms with Gasteiger partial charge in [0, 0.05) is 24.8 Å². The summed E-state index contributed by atoms with van der Waals surface area (Å²) >= 11 is 6.01. The maximum Gasteiger partial charge on any atom is 0.255 e. The van der Waals surface area contributed by atoms with E-state index in [4.69, 9.17) is 16.3 Å². The van der Waals surface area contributed by atoms with Gasteiger partial charge in [-0.15, -0.1) is 0 Å². The molecule has 2 amide bonds. The standard InChI is InChI=1S/C17H17ClN2O3/c1-23-11-10-19-16(21)12-6-8-13(9-7-12)17(22)20-15-5-3-2-4-14(15)18/h2-9H,10-11H2,1H3,(H,19,21)(H,20,22). The maximum atomic E-state index is 12.2. The smallest absolute Gasteiger partial charge is 0.255 e. The molecule has 2 aromatic carbocycles. The fourth-order valence-electron chi connectivity index (χ4n) is 1.90. The fraction of sp³-hybridized carbons (Fsp3) is 0.176. The predicted molar refractivity (Wildman–Crippen MR) is 90.1 cm³/mol. The van der Waals surface area contributed by atoms with Crippen LogP contribution in [0.15, 0.2) is 48.5 Å². The Labute approximate surface area is 139 Å². The number of rotatable bonds is 6. The molecule has 23 heavy (non-hydrogen) atoms. The van der Waals surface area contributed by atoms with Crippen molar-refractivity contribution in [1.29, 1.82) is 0 Å². The van der Waals surface area contributed by atoms with Gasteiger partial charge in [-0.25, -0.2) is 0 Å². The molecule has 0 unspecified atom stereocenters. The van der Waals surface area contributed by atoms with Gasteiger partial charge in [0.05, 0.1) is 17.3 Å². The minimum atomic E-state index is -0.288. The van der Waals surface area contributed by atoms with Gasteiger partial charge in [0.25, 0.3) is 11.8 Å². The molecule has 0 aliphatic rings. The van der Waals surface area contributed by atoms with Crippen molar-refractivity contribution in [1.82, 2.24) is 5.32 Å². The third-order valence-corrected chi connectivity index (χ3v) is 3.45. The van der Waals surface area contributed by atoms with Crippen molar-refractivity contribution >= 4 is 29.1 Å². The quantitative estimate of drug-likeness (QED) is 0.799. The monoisotopic (exact) mass is 332 g/mol. The summed E-state index contributed by atoms with van der Waals surface area (Å²) in [5.41, 5.74) is 1.47. The van der Waals surface area contributed by atoms with Crippen LogP contribution < -0.4 is 10.6 Å². The zero-order valence-corrected chi connectivity index (χ0v) is 13.4. The van der Waals surface area contributed by atoms with Crippen LogP contribution in [0.3, 0.4) is 0 Å². The molecule has 2 rings (SSSR count). The van der Waals surface area contributed by atoms with Crippen LogP contribution in [0.1, 0.15) is 20.7 Å². The normalized spacial score (nSPS) is 10.2. The molecule has 2 N–H and O–H groups in total. The van der Waals surface area contributed by atoms with Crippen molar-refractivity contribution in [3.8, 4) is 0 Å². The highest BCUT2D eigenvalue weighted by atomic mass is 35.5. The van der Waals surface area contributed by atoms with Gasteiger partial charge in [0.1, 0.15) is 0 Å². The van der Waals surface area contributed by atoms with E-state index in [0.717, 1.165) is 0 Å². The Kier molecular flexibility index (Phi) is 6.14. The first kappa shape index (κ1) is 17.0. The van der Waals surface area contributed by atoms with Crippen LogP contribution in [0.25, 0.3) is 0 Å². The van der Waals surface area contributed by atoms with Crippen LogP contribution in [-0.4, -0.2) is 32.1 Å². The maximum absolute atomic E-state index is 12.2. The molecule has 0 aliphatic carbocycles. The highest BCUT2D eigenvalue weighted by Crippen LogP contribution is 2.21. The van der Waals surface area contributed by atoms with Gasteiger partial charge < -0.3 is 15.4 Å². The fourth-order valence-corrected chi connectivity index (χ4v) is 2.08. The van der Waals surface area contributed by atoms with Gasteiger partial charge in [-0.05, 0) is 36.4 Å². The molecule has 0 heterocycles. The number of ether oxygens (including phenoxy) is 1. The molecular weight excluding hydrogens is 316 g/mol. The van der Waals surface area contributed by atoms with Gasteiger partial charge in [0.2, 0.25) is 0 Å². The zero-order chi connectivity index (χ0) is 16.7. The SMILES string of the molecule is COCCNC(=O)c1ccc(C(=O)Nc2ccccc2Cl)cc1. The molecule has 120 valence electrons. The number of hydrogen-bond donors (Lipinski definition) is 2. The van der Waals surface area contributed by atoms with E-state index in [9.17, 15) is 9.59 Å². The lowest BCUT2D eigenvalue weighted by Gasteiger charge is -2.08.